The van der Waals surface area contributed by atoms with Crippen LogP contribution in [0.5, 0.6) is 0 Å². The Kier molecular flexibility index (Phi) is 3.93. The van der Waals surface area contributed by atoms with E-state index >= 15 is 0 Å². The van der Waals surface area contributed by atoms with Crippen LogP contribution in [-0.2, 0) is 6.54 Å². The van der Waals surface area contributed by atoms with Gasteiger partial charge in [-0.1, -0.05) is 0 Å². The SMILES string of the molecule is CN(Cc1cc(Br)cs1)c1ncncc1C(=O)O. The highest BCUT2D eigenvalue weighted by Crippen LogP contribution is 2.23. The van der Waals surface area contributed by atoms with E-state index in [2.05, 4.69) is 25.9 Å². The summed E-state index contributed by atoms with van der Waals surface area (Å²) < 4.78 is 1.03. The van der Waals surface area contributed by atoms with Gasteiger partial charge in [-0.2, -0.15) is 0 Å². The lowest BCUT2D eigenvalue weighted by molar-refractivity contribution is 0.0696. The molecule has 94 valence electrons. The zero-order chi connectivity index (χ0) is 13.1. The molecule has 2 aromatic rings. The van der Waals surface area contributed by atoms with E-state index in [1.165, 1.54) is 12.5 Å². The van der Waals surface area contributed by atoms with Crippen molar-refractivity contribution in [1.29, 1.82) is 0 Å². The summed E-state index contributed by atoms with van der Waals surface area (Å²) in [5.41, 5.74) is 0.107. The number of aromatic carboxylic acids is 1. The highest BCUT2D eigenvalue weighted by Gasteiger charge is 2.15. The average molecular weight is 328 g/mol. The molecule has 0 radical (unpaired) electrons. The van der Waals surface area contributed by atoms with Gasteiger partial charge in [-0.25, -0.2) is 14.8 Å². The number of carbonyl (C=O) groups is 1. The molecule has 0 saturated heterocycles. The summed E-state index contributed by atoms with van der Waals surface area (Å²) in [5, 5.41) is 11.1. The zero-order valence-corrected chi connectivity index (χ0v) is 11.9. The second-order valence-corrected chi connectivity index (χ2v) is 5.56. The fourth-order valence-corrected chi connectivity index (χ4v) is 3.03. The third kappa shape index (κ3) is 2.85. The van der Waals surface area contributed by atoms with Gasteiger partial charge in [-0.05, 0) is 22.0 Å². The van der Waals surface area contributed by atoms with Crippen LogP contribution >= 0.6 is 27.3 Å². The van der Waals surface area contributed by atoms with Crippen molar-refractivity contribution in [3.63, 3.8) is 0 Å². The molecule has 1 N–H and O–H groups in total. The van der Waals surface area contributed by atoms with Gasteiger partial charge in [0.05, 0.1) is 6.54 Å². The largest absolute Gasteiger partial charge is 0.477 e. The number of aromatic nitrogens is 2. The quantitative estimate of drug-likeness (QED) is 0.935. The number of carboxylic acids is 1. The number of anilines is 1. The number of nitrogens with zero attached hydrogens (tertiary/aromatic N) is 3. The van der Waals surface area contributed by atoms with E-state index < -0.39 is 5.97 Å². The third-order valence-corrected chi connectivity index (χ3v) is 3.98. The third-order valence-electron chi connectivity index (χ3n) is 2.30. The van der Waals surface area contributed by atoms with Crippen LogP contribution in [0.3, 0.4) is 0 Å². The average Bonchev–Trinajstić information content (AvgIpc) is 2.74. The van der Waals surface area contributed by atoms with Crippen LogP contribution in [0.2, 0.25) is 0 Å². The van der Waals surface area contributed by atoms with Crippen molar-refractivity contribution in [1.82, 2.24) is 9.97 Å². The van der Waals surface area contributed by atoms with Crippen molar-refractivity contribution in [3.8, 4) is 0 Å². The van der Waals surface area contributed by atoms with Crippen molar-refractivity contribution in [2.45, 2.75) is 6.54 Å². The molecule has 0 aliphatic heterocycles. The molecule has 0 spiro atoms. The minimum atomic E-state index is -1.02. The number of hydrogen-bond acceptors (Lipinski definition) is 5. The van der Waals surface area contributed by atoms with Crippen LogP contribution in [0.1, 0.15) is 15.2 Å². The van der Waals surface area contributed by atoms with Gasteiger partial charge in [-0.3, -0.25) is 0 Å². The topological polar surface area (TPSA) is 66.3 Å². The second kappa shape index (κ2) is 5.45. The predicted octanol–water partition coefficient (Wildman–Crippen LogP) is 2.64. The zero-order valence-electron chi connectivity index (χ0n) is 9.50. The van der Waals surface area contributed by atoms with E-state index in [0.717, 1.165) is 9.35 Å². The Balaban J connectivity index is 2.23. The summed E-state index contributed by atoms with van der Waals surface area (Å²) in [6.07, 6.45) is 2.66. The Morgan fingerprint density at radius 2 is 2.39 bits per heavy atom. The van der Waals surface area contributed by atoms with E-state index in [1.54, 1.807) is 16.2 Å². The van der Waals surface area contributed by atoms with Crippen LogP contribution in [-0.4, -0.2) is 28.1 Å². The Hall–Kier alpha value is -1.47. The van der Waals surface area contributed by atoms with Crippen LogP contribution in [0.15, 0.2) is 28.4 Å². The molecule has 2 aromatic heterocycles. The summed E-state index contributed by atoms with van der Waals surface area (Å²) in [4.78, 5) is 21.8. The van der Waals surface area contributed by atoms with Gasteiger partial charge < -0.3 is 10.0 Å². The molecule has 7 heteroatoms. The number of hydrogen-bond donors (Lipinski definition) is 1. The summed E-state index contributed by atoms with van der Waals surface area (Å²) in [5.74, 6) is -0.605. The number of thiophene rings is 1. The van der Waals surface area contributed by atoms with Gasteiger partial charge in [0.2, 0.25) is 0 Å². The molecule has 2 rings (SSSR count). The molecule has 2 heterocycles. The maximum absolute atomic E-state index is 11.1. The summed E-state index contributed by atoms with van der Waals surface area (Å²) in [7, 11) is 1.81. The van der Waals surface area contributed by atoms with Crippen molar-refractivity contribution in [2.75, 3.05) is 11.9 Å². The molecule has 0 amide bonds. The van der Waals surface area contributed by atoms with E-state index in [-0.39, 0.29) is 5.56 Å². The molecule has 0 aromatic carbocycles. The molecule has 0 saturated carbocycles. The number of carboxylic acid groups (broad SMARTS) is 1. The highest BCUT2D eigenvalue weighted by atomic mass is 79.9. The molecule has 0 fully saturated rings. The van der Waals surface area contributed by atoms with Crippen molar-refractivity contribution >= 4 is 39.1 Å². The molecule has 0 unspecified atom stereocenters. The van der Waals surface area contributed by atoms with Crippen molar-refractivity contribution in [3.05, 3.63) is 38.9 Å². The van der Waals surface area contributed by atoms with Crippen LogP contribution in [0.25, 0.3) is 0 Å². The molecule has 0 aliphatic carbocycles. The minimum absolute atomic E-state index is 0.107. The van der Waals surface area contributed by atoms with Crippen LogP contribution in [0.4, 0.5) is 5.82 Å². The molecular weight excluding hydrogens is 318 g/mol. The normalized spacial score (nSPS) is 10.3. The Morgan fingerprint density at radius 1 is 1.61 bits per heavy atom. The van der Waals surface area contributed by atoms with E-state index in [4.69, 9.17) is 5.11 Å². The molecule has 0 aliphatic rings. The smallest absolute Gasteiger partial charge is 0.341 e. The Labute approximate surface area is 116 Å². The fraction of sp³-hybridized carbons (Fsp3) is 0.182. The maximum Gasteiger partial charge on any atom is 0.341 e. The molecule has 18 heavy (non-hydrogen) atoms. The lowest BCUT2D eigenvalue weighted by atomic mass is 10.3. The first-order valence-corrected chi connectivity index (χ1v) is 6.72. The van der Waals surface area contributed by atoms with Gasteiger partial charge in [-0.15, -0.1) is 11.3 Å². The monoisotopic (exact) mass is 327 g/mol. The van der Waals surface area contributed by atoms with Crippen LogP contribution in [0, 0.1) is 0 Å². The van der Waals surface area contributed by atoms with Gasteiger partial charge in [0.1, 0.15) is 17.7 Å². The van der Waals surface area contributed by atoms with Crippen LogP contribution < -0.4 is 4.90 Å². The number of rotatable bonds is 4. The maximum atomic E-state index is 11.1. The van der Waals surface area contributed by atoms with Gasteiger partial charge in [0.15, 0.2) is 0 Å². The Bertz CT molecular complexity index is 573. The van der Waals surface area contributed by atoms with E-state index in [1.807, 2.05) is 18.5 Å². The Morgan fingerprint density at radius 3 is 3.00 bits per heavy atom. The van der Waals surface area contributed by atoms with Gasteiger partial charge >= 0.3 is 5.97 Å². The van der Waals surface area contributed by atoms with Crippen molar-refractivity contribution < 1.29 is 9.90 Å². The first kappa shape index (κ1) is 13.0. The lowest BCUT2D eigenvalue weighted by Crippen LogP contribution is -2.20. The molecule has 5 nitrogen and oxygen atoms in total. The van der Waals surface area contributed by atoms with E-state index in [9.17, 15) is 4.79 Å². The summed E-state index contributed by atoms with van der Waals surface area (Å²) in [6.45, 7) is 0.605. The molecule has 0 atom stereocenters. The van der Waals surface area contributed by atoms with Gasteiger partial charge in [0.25, 0.3) is 0 Å². The van der Waals surface area contributed by atoms with Crippen molar-refractivity contribution in [2.24, 2.45) is 0 Å². The minimum Gasteiger partial charge on any atom is -0.477 e. The second-order valence-electron chi connectivity index (χ2n) is 3.65. The predicted molar refractivity (Wildman–Crippen MR) is 73.1 cm³/mol. The standard InChI is InChI=1S/C11H10BrN3O2S/c1-15(4-8-2-7(12)5-18-8)10-9(11(16)17)3-13-6-14-10/h2-3,5-6H,4H2,1H3,(H,16,17). The number of halogens is 1. The first-order chi connectivity index (χ1) is 8.58. The summed E-state index contributed by atoms with van der Waals surface area (Å²) in [6, 6.07) is 2.00. The first-order valence-electron chi connectivity index (χ1n) is 5.05. The molecular formula is C11H10BrN3O2S. The lowest BCUT2D eigenvalue weighted by Gasteiger charge is -2.18. The molecule has 0 bridgehead atoms. The fourth-order valence-electron chi connectivity index (χ4n) is 1.52. The van der Waals surface area contributed by atoms with E-state index in [0.29, 0.717) is 12.4 Å². The highest BCUT2D eigenvalue weighted by molar-refractivity contribution is 9.10. The van der Waals surface area contributed by atoms with Gasteiger partial charge in [0, 0.05) is 28.0 Å². The summed E-state index contributed by atoms with van der Waals surface area (Å²) >= 11 is 5.00.